The average molecular weight is 370 g/mol. The first-order valence-corrected chi connectivity index (χ1v) is 9.34. The number of carbonyl (C=O) groups excluding carboxylic acids is 1. The smallest absolute Gasteiger partial charge is 0.251 e. The molecule has 0 radical (unpaired) electrons. The summed E-state index contributed by atoms with van der Waals surface area (Å²) in [4.78, 5) is 17.3. The number of hydrogen-bond acceptors (Lipinski definition) is 4. The molecule has 26 heavy (non-hydrogen) atoms. The predicted molar refractivity (Wildman–Crippen MR) is 104 cm³/mol. The first-order valence-electron chi connectivity index (χ1n) is 8.52. The van der Waals surface area contributed by atoms with E-state index in [1.807, 2.05) is 36.4 Å². The zero-order valence-corrected chi connectivity index (χ0v) is 15.8. The van der Waals surface area contributed by atoms with Gasteiger partial charge in [0, 0.05) is 13.7 Å². The molecule has 1 aromatic heterocycles. The number of fused-ring (bicyclic) bond motifs is 1. The highest BCUT2D eigenvalue weighted by Gasteiger charge is 2.10. The van der Waals surface area contributed by atoms with Crippen molar-refractivity contribution in [1.29, 1.82) is 0 Å². The summed E-state index contributed by atoms with van der Waals surface area (Å²) in [6.45, 7) is 3.61. The van der Waals surface area contributed by atoms with Gasteiger partial charge in [0.25, 0.3) is 5.91 Å². The SMILES string of the molecule is COCCn1c(=NC(=O)CCOc2ccccc2)sc2cccc(C)c21. The summed E-state index contributed by atoms with van der Waals surface area (Å²) in [7, 11) is 1.67. The lowest BCUT2D eigenvalue weighted by Crippen LogP contribution is -2.20. The Kier molecular flexibility index (Phi) is 6.20. The minimum absolute atomic E-state index is 0.184. The van der Waals surface area contributed by atoms with Gasteiger partial charge in [-0.15, -0.1) is 0 Å². The fraction of sp³-hybridized carbons (Fsp3) is 0.300. The highest BCUT2D eigenvalue weighted by molar-refractivity contribution is 7.16. The van der Waals surface area contributed by atoms with Crippen molar-refractivity contribution >= 4 is 27.5 Å². The fourth-order valence-electron chi connectivity index (χ4n) is 2.72. The van der Waals surface area contributed by atoms with E-state index < -0.39 is 0 Å². The van der Waals surface area contributed by atoms with Crippen molar-refractivity contribution in [3.05, 3.63) is 58.9 Å². The summed E-state index contributed by atoms with van der Waals surface area (Å²) >= 11 is 1.53. The van der Waals surface area contributed by atoms with E-state index in [0.717, 1.165) is 21.5 Å². The molecule has 0 aliphatic rings. The van der Waals surface area contributed by atoms with Crippen molar-refractivity contribution in [2.45, 2.75) is 19.9 Å². The molecule has 0 aliphatic carbocycles. The van der Waals surface area contributed by atoms with Crippen LogP contribution >= 0.6 is 11.3 Å². The summed E-state index contributed by atoms with van der Waals surface area (Å²) in [6, 6.07) is 15.6. The highest BCUT2D eigenvalue weighted by atomic mass is 32.1. The third-order valence-corrected chi connectivity index (χ3v) is 5.01. The second-order valence-corrected chi connectivity index (χ2v) is 6.88. The van der Waals surface area contributed by atoms with Crippen LogP contribution in [0.25, 0.3) is 10.2 Å². The van der Waals surface area contributed by atoms with Crippen LogP contribution in [0.5, 0.6) is 5.75 Å². The van der Waals surface area contributed by atoms with Crippen molar-refractivity contribution < 1.29 is 14.3 Å². The molecular formula is C20H22N2O3S. The molecule has 0 N–H and O–H groups in total. The predicted octanol–water partition coefficient (Wildman–Crippen LogP) is 3.55. The Morgan fingerprint density at radius 1 is 1.12 bits per heavy atom. The zero-order valence-electron chi connectivity index (χ0n) is 15.0. The molecule has 0 unspecified atom stereocenters. The Balaban J connectivity index is 1.79. The first kappa shape index (κ1) is 18.4. The van der Waals surface area contributed by atoms with Gasteiger partial charge in [-0.25, -0.2) is 0 Å². The maximum atomic E-state index is 12.3. The largest absolute Gasteiger partial charge is 0.493 e. The van der Waals surface area contributed by atoms with Crippen molar-refractivity contribution in [2.75, 3.05) is 20.3 Å². The quantitative estimate of drug-likeness (QED) is 0.639. The lowest BCUT2D eigenvalue weighted by atomic mass is 10.2. The highest BCUT2D eigenvalue weighted by Crippen LogP contribution is 2.21. The lowest BCUT2D eigenvalue weighted by Gasteiger charge is -2.06. The van der Waals surface area contributed by atoms with E-state index in [0.29, 0.717) is 24.6 Å². The van der Waals surface area contributed by atoms with Crippen molar-refractivity contribution in [3.8, 4) is 5.75 Å². The van der Waals surface area contributed by atoms with Gasteiger partial charge in [0.05, 0.1) is 29.9 Å². The molecular weight excluding hydrogens is 348 g/mol. The normalized spacial score (nSPS) is 11.8. The van der Waals surface area contributed by atoms with E-state index >= 15 is 0 Å². The monoisotopic (exact) mass is 370 g/mol. The topological polar surface area (TPSA) is 52.8 Å². The standard InChI is InChI=1S/C20H22N2O3S/c1-15-7-6-10-17-19(15)22(12-14-24-2)20(26-17)21-18(23)11-13-25-16-8-4-3-5-9-16/h3-10H,11-14H2,1-2H3. The third kappa shape index (κ3) is 4.39. The van der Waals surface area contributed by atoms with Crippen LogP contribution in [0.3, 0.4) is 0 Å². The van der Waals surface area contributed by atoms with Gasteiger partial charge in [0.15, 0.2) is 4.80 Å². The van der Waals surface area contributed by atoms with Gasteiger partial charge in [0.2, 0.25) is 0 Å². The minimum atomic E-state index is -0.184. The van der Waals surface area contributed by atoms with Crippen LogP contribution in [0, 0.1) is 6.92 Å². The van der Waals surface area contributed by atoms with Gasteiger partial charge < -0.3 is 14.0 Å². The first-order chi connectivity index (χ1) is 12.7. The van der Waals surface area contributed by atoms with Gasteiger partial charge >= 0.3 is 0 Å². The lowest BCUT2D eigenvalue weighted by molar-refractivity contribution is -0.118. The number of aryl methyl sites for hydroxylation is 1. The number of thiazole rings is 1. The minimum Gasteiger partial charge on any atom is -0.493 e. The Morgan fingerprint density at radius 3 is 2.69 bits per heavy atom. The fourth-order valence-corrected chi connectivity index (χ4v) is 3.87. The number of aromatic nitrogens is 1. The number of carbonyl (C=O) groups is 1. The summed E-state index contributed by atoms with van der Waals surface area (Å²) in [5.41, 5.74) is 2.28. The summed E-state index contributed by atoms with van der Waals surface area (Å²) in [5.74, 6) is 0.573. The molecule has 6 heteroatoms. The molecule has 0 spiro atoms. The molecule has 0 saturated carbocycles. The summed E-state index contributed by atoms with van der Waals surface area (Å²) < 4.78 is 14.0. The molecule has 3 aromatic rings. The summed E-state index contributed by atoms with van der Waals surface area (Å²) in [5, 5.41) is 0. The number of hydrogen-bond donors (Lipinski definition) is 0. The van der Waals surface area contributed by atoms with Crippen LogP contribution in [-0.4, -0.2) is 30.8 Å². The van der Waals surface area contributed by atoms with Gasteiger partial charge in [0.1, 0.15) is 5.75 Å². The number of ether oxygens (including phenoxy) is 2. The maximum absolute atomic E-state index is 12.3. The molecule has 1 amide bonds. The summed E-state index contributed by atoms with van der Waals surface area (Å²) in [6.07, 6.45) is 0.242. The van der Waals surface area contributed by atoms with Crippen LogP contribution in [0.15, 0.2) is 53.5 Å². The average Bonchev–Trinajstić information content (AvgIpc) is 2.99. The molecule has 0 fully saturated rings. The molecule has 0 atom stereocenters. The molecule has 136 valence electrons. The van der Waals surface area contributed by atoms with Crippen molar-refractivity contribution in [2.24, 2.45) is 4.99 Å². The molecule has 0 saturated heterocycles. The van der Waals surface area contributed by atoms with Crippen LogP contribution < -0.4 is 9.54 Å². The van der Waals surface area contributed by atoms with Crippen molar-refractivity contribution in [3.63, 3.8) is 0 Å². The molecule has 0 aliphatic heterocycles. The van der Waals surface area contributed by atoms with Crippen LogP contribution in [0.2, 0.25) is 0 Å². The van der Waals surface area contributed by atoms with E-state index in [2.05, 4.69) is 28.6 Å². The number of para-hydroxylation sites is 2. The van der Waals surface area contributed by atoms with E-state index in [1.54, 1.807) is 7.11 Å². The van der Waals surface area contributed by atoms with Gasteiger partial charge in [-0.2, -0.15) is 4.99 Å². The molecule has 1 heterocycles. The Morgan fingerprint density at radius 2 is 1.92 bits per heavy atom. The van der Waals surface area contributed by atoms with Crippen molar-refractivity contribution in [1.82, 2.24) is 4.57 Å². The van der Waals surface area contributed by atoms with E-state index in [4.69, 9.17) is 9.47 Å². The number of benzene rings is 2. The maximum Gasteiger partial charge on any atom is 0.251 e. The number of amides is 1. The van der Waals surface area contributed by atoms with Gasteiger partial charge in [-0.3, -0.25) is 4.79 Å². The van der Waals surface area contributed by atoms with E-state index in [9.17, 15) is 4.79 Å². The van der Waals surface area contributed by atoms with Gasteiger partial charge in [-0.1, -0.05) is 41.7 Å². The van der Waals surface area contributed by atoms with E-state index in [-0.39, 0.29) is 12.3 Å². The second kappa shape index (κ2) is 8.78. The third-order valence-electron chi connectivity index (χ3n) is 3.97. The Bertz CT molecular complexity index is 945. The molecule has 2 aromatic carbocycles. The second-order valence-electron chi connectivity index (χ2n) is 5.87. The van der Waals surface area contributed by atoms with Crippen LogP contribution in [-0.2, 0) is 16.1 Å². The van der Waals surface area contributed by atoms with E-state index in [1.165, 1.54) is 11.3 Å². The molecule has 0 bridgehead atoms. The Hall–Kier alpha value is -2.44. The molecule has 5 nitrogen and oxygen atoms in total. The molecule has 3 rings (SSSR count). The Labute approximate surface area is 156 Å². The zero-order chi connectivity index (χ0) is 18.4. The van der Waals surface area contributed by atoms with Crippen LogP contribution in [0.1, 0.15) is 12.0 Å². The van der Waals surface area contributed by atoms with Gasteiger partial charge in [-0.05, 0) is 30.7 Å². The number of nitrogens with zero attached hydrogens (tertiary/aromatic N) is 2. The van der Waals surface area contributed by atoms with Crippen LogP contribution in [0.4, 0.5) is 0 Å². The number of methoxy groups -OCH3 is 1. The number of rotatable bonds is 7.